The SMILES string of the molecule is [N-]=[N+]=NCCC#Cc1c[nH]c(=O)cn1. The largest absolute Gasteiger partial charge is 0.325 e. The fourth-order valence-electron chi connectivity index (χ4n) is 0.714. The van der Waals surface area contributed by atoms with E-state index >= 15 is 0 Å². The second-order valence-electron chi connectivity index (χ2n) is 2.30. The van der Waals surface area contributed by atoms with Gasteiger partial charge >= 0.3 is 0 Å². The molecule has 0 radical (unpaired) electrons. The van der Waals surface area contributed by atoms with Gasteiger partial charge in [0.25, 0.3) is 5.56 Å². The van der Waals surface area contributed by atoms with E-state index in [9.17, 15) is 4.79 Å². The van der Waals surface area contributed by atoms with Crippen LogP contribution >= 0.6 is 0 Å². The smallest absolute Gasteiger partial charge is 0.266 e. The maximum Gasteiger partial charge on any atom is 0.266 e. The molecule has 0 saturated heterocycles. The Morgan fingerprint density at radius 2 is 2.57 bits per heavy atom. The van der Waals surface area contributed by atoms with Gasteiger partial charge in [-0.25, -0.2) is 4.98 Å². The van der Waals surface area contributed by atoms with E-state index in [1.54, 1.807) is 0 Å². The summed E-state index contributed by atoms with van der Waals surface area (Å²) in [5.41, 5.74) is 8.20. The van der Waals surface area contributed by atoms with E-state index in [-0.39, 0.29) is 5.56 Å². The van der Waals surface area contributed by atoms with Crippen LogP contribution < -0.4 is 5.56 Å². The molecule has 0 saturated carbocycles. The first-order chi connectivity index (χ1) is 6.83. The van der Waals surface area contributed by atoms with Crippen LogP contribution in [-0.2, 0) is 0 Å². The Kier molecular flexibility index (Phi) is 3.80. The van der Waals surface area contributed by atoms with E-state index < -0.39 is 0 Å². The molecule has 0 aliphatic carbocycles. The van der Waals surface area contributed by atoms with Gasteiger partial charge in [-0.1, -0.05) is 11.0 Å². The predicted molar refractivity (Wildman–Crippen MR) is 50.4 cm³/mol. The van der Waals surface area contributed by atoms with Gasteiger partial charge in [-0.3, -0.25) is 4.79 Å². The minimum absolute atomic E-state index is 0.260. The number of azide groups is 1. The quantitative estimate of drug-likeness (QED) is 0.245. The normalized spacial score (nSPS) is 8.29. The Morgan fingerprint density at radius 1 is 1.71 bits per heavy atom. The van der Waals surface area contributed by atoms with E-state index in [0.717, 1.165) is 6.20 Å². The lowest BCUT2D eigenvalue weighted by Gasteiger charge is -1.85. The van der Waals surface area contributed by atoms with Crippen LogP contribution in [-0.4, -0.2) is 16.5 Å². The summed E-state index contributed by atoms with van der Waals surface area (Å²) in [6, 6.07) is 0. The summed E-state index contributed by atoms with van der Waals surface area (Å²) in [7, 11) is 0. The summed E-state index contributed by atoms with van der Waals surface area (Å²) in [6.45, 7) is 0.340. The second-order valence-corrected chi connectivity index (χ2v) is 2.30. The summed E-state index contributed by atoms with van der Waals surface area (Å²) in [6.07, 6.45) is 3.07. The van der Waals surface area contributed by atoms with E-state index in [1.807, 2.05) is 0 Å². The van der Waals surface area contributed by atoms with Crippen LogP contribution in [0, 0.1) is 11.8 Å². The summed E-state index contributed by atoms with van der Waals surface area (Å²) in [5, 5.41) is 3.32. The highest BCUT2D eigenvalue weighted by Gasteiger charge is 1.86. The number of aromatic amines is 1. The minimum Gasteiger partial charge on any atom is -0.325 e. The number of aromatic nitrogens is 2. The lowest BCUT2D eigenvalue weighted by atomic mass is 10.4. The first kappa shape index (κ1) is 9.84. The molecule has 1 aromatic rings. The van der Waals surface area contributed by atoms with E-state index in [1.165, 1.54) is 6.20 Å². The number of rotatable bonds is 2. The van der Waals surface area contributed by atoms with Crippen molar-refractivity contribution in [3.63, 3.8) is 0 Å². The first-order valence-corrected chi connectivity index (χ1v) is 3.87. The lowest BCUT2D eigenvalue weighted by molar-refractivity contribution is 1.01. The zero-order chi connectivity index (χ0) is 10.2. The van der Waals surface area contributed by atoms with Crippen LogP contribution in [0.15, 0.2) is 22.3 Å². The number of hydrogen-bond acceptors (Lipinski definition) is 3. The Hall–Kier alpha value is -2.25. The summed E-state index contributed by atoms with van der Waals surface area (Å²) >= 11 is 0. The molecule has 0 aromatic carbocycles. The van der Waals surface area contributed by atoms with Gasteiger partial charge in [-0.2, -0.15) is 0 Å². The van der Waals surface area contributed by atoms with Crippen LogP contribution in [0.5, 0.6) is 0 Å². The number of nitrogens with zero attached hydrogens (tertiary/aromatic N) is 4. The van der Waals surface area contributed by atoms with Crippen molar-refractivity contribution < 1.29 is 0 Å². The van der Waals surface area contributed by atoms with Crippen LogP contribution in [0.1, 0.15) is 12.1 Å². The van der Waals surface area contributed by atoms with Crippen LogP contribution in [0.3, 0.4) is 0 Å². The van der Waals surface area contributed by atoms with Crippen molar-refractivity contribution in [2.75, 3.05) is 6.54 Å². The third-order valence-electron chi connectivity index (χ3n) is 1.29. The molecule has 1 aromatic heterocycles. The molecule has 6 heteroatoms. The molecule has 0 spiro atoms. The minimum atomic E-state index is -0.260. The topological polar surface area (TPSA) is 94.5 Å². The monoisotopic (exact) mass is 189 g/mol. The molecular weight excluding hydrogens is 182 g/mol. The Morgan fingerprint density at radius 3 is 3.21 bits per heavy atom. The van der Waals surface area contributed by atoms with Crippen molar-refractivity contribution in [1.82, 2.24) is 9.97 Å². The van der Waals surface area contributed by atoms with Crippen molar-refractivity contribution in [2.45, 2.75) is 6.42 Å². The van der Waals surface area contributed by atoms with Crippen molar-refractivity contribution in [1.29, 1.82) is 0 Å². The molecule has 70 valence electrons. The molecule has 6 nitrogen and oxygen atoms in total. The lowest BCUT2D eigenvalue weighted by Crippen LogP contribution is -2.04. The third-order valence-corrected chi connectivity index (χ3v) is 1.29. The maximum atomic E-state index is 10.6. The van der Waals surface area contributed by atoms with E-state index in [4.69, 9.17) is 5.53 Å². The van der Waals surface area contributed by atoms with Gasteiger partial charge in [0.05, 0.1) is 6.20 Å². The molecular formula is C8H7N5O. The Labute approximate surface area is 79.6 Å². The molecule has 0 amide bonds. The molecule has 0 fully saturated rings. The molecule has 0 aliphatic heterocycles. The van der Waals surface area contributed by atoms with Crippen molar-refractivity contribution >= 4 is 0 Å². The second kappa shape index (κ2) is 5.41. The highest BCUT2D eigenvalue weighted by atomic mass is 16.1. The van der Waals surface area contributed by atoms with Gasteiger partial charge in [0, 0.05) is 24.1 Å². The van der Waals surface area contributed by atoms with Gasteiger partial charge in [0.2, 0.25) is 0 Å². The Balaban J connectivity index is 2.55. The summed E-state index contributed by atoms with van der Waals surface area (Å²) < 4.78 is 0. The highest BCUT2D eigenvalue weighted by Crippen LogP contribution is 1.84. The molecule has 0 atom stereocenters. The van der Waals surface area contributed by atoms with E-state index in [0.29, 0.717) is 18.7 Å². The fraction of sp³-hybridized carbons (Fsp3) is 0.250. The van der Waals surface area contributed by atoms with Crippen LogP contribution in [0.4, 0.5) is 0 Å². The molecule has 0 unspecified atom stereocenters. The van der Waals surface area contributed by atoms with Crippen LogP contribution in [0.25, 0.3) is 10.4 Å². The summed E-state index contributed by atoms with van der Waals surface area (Å²) in [5.74, 6) is 5.47. The number of H-pyrrole nitrogens is 1. The van der Waals surface area contributed by atoms with Gasteiger partial charge in [0.1, 0.15) is 5.69 Å². The molecule has 0 bridgehead atoms. The molecule has 0 aliphatic rings. The predicted octanol–water partition coefficient (Wildman–Crippen LogP) is 0.822. The van der Waals surface area contributed by atoms with Gasteiger partial charge in [-0.15, -0.1) is 0 Å². The zero-order valence-corrected chi connectivity index (χ0v) is 7.27. The van der Waals surface area contributed by atoms with E-state index in [2.05, 4.69) is 31.8 Å². The molecule has 1 rings (SSSR count). The van der Waals surface area contributed by atoms with Crippen molar-refractivity contribution in [3.05, 3.63) is 38.9 Å². The van der Waals surface area contributed by atoms with Gasteiger partial charge in [-0.05, 0) is 11.5 Å². The number of hydrogen-bond donors (Lipinski definition) is 1. The first-order valence-electron chi connectivity index (χ1n) is 3.87. The van der Waals surface area contributed by atoms with Crippen molar-refractivity contribution in [3.8, 4) is 11.8 Å². The molecule has 1 N–H and O–H groups in total. The fourth-order valence-corrected chi connectivity index (χ4v) is 0.714. The highest BCUT2D eigenvalue weighted by molar-refractivity contribution is 5.23. The standard InChI is InChI=1S/C8H7N5O/c9-13-12-4-2-1-3-7-5-11-8(14)6-10-7/h5-6H,2,4H2,(H,11,14). The van der Waals surface area contributed by atoms with Gasteiger partial charge in [0.15, 0.2) is 0 Å². The third kappa shape index (κ3) is 3.43. The number of nitrogens with one attached hydrogen (secondary N) is 1. The van der Waals surface area contributed by atoms with Gasteiger partial charge < -0.3 is 4.98 Å². The van der Waals surface area contributed by atoms with Crippen LogP contribution in [0.2, 0.25) is 0 Å². The average molecular weight is 189 g/mol. The van der Waals surface area contributed by atoms with Crippen molar-refractivity contribution in [2.24, 2.45) is 5.11 Å². The Bertz CT molecular complexity index is 440. The zero-order valence-electron chi connectivity index (χ0n) is 7.27. The average Bonchev–Trinajstić information content (AvgIpc) is 2.21. The summed E-state index contributed by atoms with van der Waals surface area (Å²) in [4.78, 5) is 19.4. The molecule has 14 heavy (non-hydrogen) atoms. The maximum absolute atomic E-state index is 10.6. The molecule has 1 heterocycles.